The van der Waals surface area contributed by atoms with Gasteiger partial charge in [0.2, 0.25) is 0 Å². The topological polar surface area (TPSA) is 34.6 Å². The van der Waals surface area contributed by atoms with E-state index in [1.807, 2.05) is 12.3 Å². The van der Waals surface area contributed by atoms with E-state index in [2.05, 4.69) is 46.3 Å². The zero-order valence-corrected chi connectivity index (χ0v) is 15.1. The Morgan fingerprint density at radius 1 is 1.08 bits per heavy atom. The summed E-state index contributed by atoms with van der Waals surface area (Å²) in [5, 5.41) is 0. The van der Waals surface area contributed by atoms with Crippen LogP contribution in [0.3, 0.4) is 0 Å². The van der Waals surface area contributed by atoms with Gasteiger partial charge in [-0.2, -0.15) is 0 Å². The zero-order chi connectivity index (χ0) is 17.3. The molecule has 0 N–H and O–H groups in total. The summed E-state index contributed by atoms with van der Waals surface area (Å²) in [6.45, 7) is 4.51. The molecule has 0 unspecified atom stereocenters. The van der Waals surface area contributed by atoms with Gasteiger partial charge in [-0.25, -0.2) is 0 Å². The molecule has 1 aromatic carbocycles. The van der Waals surface area contributed by atoms with Gasteiger partial charge in [-0.05, 0) is 37.0 Å². The Hall–Kier alpha value is -1.91. The first-order chi connectivity index (χ1) is 12.9. The third-order valence-electron chi connectivity index (χ3n) is 6.02. The summed E-state index contributed by atoms with van der Waals surface area (Å²) in [7, 11) is 0. The van der Waals surface area contributed by atoms with E-state index >= 15 is 0 Å². The van der Waals surface area contributed by atoms with Crippen LogP contribution in [0.1, 0.15) is 30.1 Å². The first kappa shape index (κ1) is 16.3. The first-order valence-corrected chi connectivity index (χ1v) is 9.82. The smallest absolute Gasteiger partial charge is 0.124 e. The minimum absolute atomic E-state index is 0.400. The summed E-state index contributed by atoms with van der Waals surface area (Å²) in [6.07, 6.45) is 4.58. The molecule has 2 aliphatic heterocycles. The number of nitrogens with zero attached hydrogens (tertiary/aromatic N) is 2. The molecule has 3 heterocycles. The van der Waals surface area contributed by atoms with E-state index in [9.17, 15) is 0 Å². The van der Waals surface area contributed by atoms with Gasteiger partial charge >= 0.3 is 0 Å². The standard InChI is InChI=1S/C22H26N2O2/c1-2-7-21-19(6-1)22-20(15-26-21)17(14-25-13-16-8-9-16)11-24(22)12-18-5-3-4-10-23-18/h1-7,10,16-17,20,22H,8-9,11-15H2/t17-,20-,22-/m0/s1. The highest BCUT2D eigenvalue weighted by Gasteiger charge is 2.46. The molecule has 0 amide bonds. The average Bonchev–Trinajstić information content (AvgIpc) is 3.44. The SMILES string of the molecule is c1ccc(CN2C[C@@H](COCC3CC3)[C@@H]3COc4ccccc4[C@@H]32)nc1. The number of hydrogen-bond donors (Lipinski definition) is 0. The maximum absolute atomic E-state index is 6.11. The number of rotatable bonds is 6. The van der Waals surface area contributed by atoms with Crippen molar-refractivity contribution in [2.24, 2.45) is 17.8 Å². The van der Waals surface area contributed by atoms with Gasteiger partial charge in [-0.1, -0.05) is 24.3 Å². The molecule has 1 saturated carbocycles. The second-order valence-electron chi connectivity index (χ2n) is 7.95. The Labute approximate surface area is 155 Å². The molecule has 1 saturated heterocycles. The number of pyridine rings is 1. The first-order valence-electron chi connectivity index (χ1n) is 9.82. The fourth-order valence-corrected chi connectivity index (χ4v) is 4.49. The van der Waals surface area contributed by atoms with Gasteiger partial charge in [0.25, 0.3) is 0 Å². The van der Waals surface area contributed by atoms with Crippen molar-refractivity contribution in [3.63, 3.8) is 0 Å². The lowest BCUT2D eigenvalue weighted by Gasteiger charge is -2.34. The molecule has 0 bridgehead atoms. The summed E-state index contributed by atoms with van der Waals surface area (Å²) in [6, 6.07) is 15.1. The van der Waals surface area contributed by atoms with Crippen molar-refractivity contribution in [1.82, 2.24) is 9.88 Å². The third-order valence-corrected chi connectivity index (χ3v) is 6.02. The number of para-hydroxylation sites is 1. The molecule has 5 rings (SSSR count). The zero-order valence-electron chi connectivity index (χ0n) is 15.1. The highest BCUT2D eigenvalue weighted by Crippen LogP contribution is 2.47. The van der Waals surface area contributed by atoms with Crippen molar-refractivity contribution in [3.8, 4) is 5.75 Å². The molecule has 3 atom stereocenters. The lowest BCUT2D eigenvalue weighted by Crippen LogP contribution is -2.32. The monoisotopic (exact) mass is 350 g/mol. The van der Waals surface area contributed by atoms with Crippen LogP contribution in [0, 0.1) is 17.8 Å². The van der Waals surface area contributed by atoms with Gasteiger partial charge in [0, 0.05) is 49.3 Å². The average molecular weight is 350 g/mol. The van der Waals surface area contributed by atoms with Crippen LogP contribution < -0.4 is 4.74 Å². The Morgan fingerprint density at radius 2 is 1.96 bits per heavy atom. The van der Waals surface area contributed by atoms with E-state index in [4.69, 9.17) is 9.47 Å². The minimum atomic E-state index is 0.400. The van der Waals surface area contributed by atoms with Gasteiger partial charge in [0.1, 0.15) is 5.75 Å². The van der Waals surface area contributed by atoms with Crippen molar-refractivity contribution < 1.29 is 9.47 Å². The van der Waals surface area contributed by atoms with Crippen molar-refractivity contribution in [2.45, 2.75) is 25.4 Å². The fourth-order valence-electron chi connectivity index (χ4n) is 4.49. The second kappa shape index (κ2) is 7.01. The largest absolute Gasteiger partial charge is 0.493 e. The third kappa shape index (κ3) is 3.24. The summed E-state index contributed by atoms with van der Waals surface area (Å²) < 4.78 is 12.2. The van der Waals surface area contributed by atoms with Gasteiger partial charge in [-0.3, -0.25) is 9.88 Å². The second-order valence-corrected chi connectivity index (χ2v) is 7.95. The van der Waals surface area contributed by atoms with E-state index in [-0.39, 0.29) is 0 Å². The number of likely N-dealkylation sites (tertiary alicyclic amines) is 1. The Kier molecular flexibility index (Phi) is 4.39. The molecule has 4 nitrogen and oxygen atoms in total. The highest BCUT2D eigenvalue weighted by atomic mass is 16.5. The van der Waals surface area contributed by atoms with E-state index in [1.165, 1.54) is 18.4 Å². The number of ether oxygens (including phenoxy) is 2. The molecule has 4 heteroatoms. The van der Waals surface area contributed by atoms with Crippen LogP contribution in [-0.4, -0.2) is 36.2 Å². The van der Waals surface area contributed by atoms with Crippen LogP contribution >= 0.6 is 0 Å². The van der Waals surface area contributed by atoms with Crippen molar-refractivity contribution in [2.75, 3.05) is 26.4 Å². The van der Waals surface area contributed by atoms with E-state index in [0.29, 0.717) is 17.9 Å². The molecule has 2 aromatic rings. The van der Waals surface area contributed by atoms with Crippen molar-refractivity contribution in [3.05, 3.63) is 59.9 Å². The summed E-state index contributed by atoms with van der Waals surface area (Å²) >= 11 is 0. The van der Waals surface area contributed by atoms with Crippen LogP contribution in [0.4, 0.5) is 0 Å². The minimum Gasteiger partial charge on any atom is -0.493 e. The van der Waals surface area contributed by atoms with Crippen LogP contribution in [0.15, 0.2) is 48.7 Å². The molecular weight excluding hydrogens is 324 g/mol. The normalized spacial score (nSPS) is 27.6. The lowest BCUT2D eigenvalue weighted by atomic mass is 9.85. The lowest BCUT2D eigenvalue weighted by molar-refractivity contribution is 0.0641. The van der Waals surface area contributed by atoms with Gasteiger partial charge in [0.15, 0.2) is 0 Å². The van der Waals surface area contributed by atoms with E-state index < -0.39 is 0 Å². The van der Waals surface area contributed by atoms with Crippen LogP contribution in [0.5, 0.6) is 5.75 Å². The molecule has 1 aliphatic carbocycles. The number of fused-ring (bicyclic) bond motifs is 3. The number of aromatic nitrogens is 1. The molecule has 2 fully saturated rings. The predicted octanol–water partition coefficient (Wildman–Crippen LogP) is 3.69. The highest BCUT2D eigenvalue weighted by molar-refractivity contribution is 5.39. The Bertz CT molecular complexity index is 747. The van der Waals surface area contributed by atoms with Crippen molar-refractivity contribution in [1.29, 1.82) is 0 Å². The maximum Gasteiger partial charge on any atom is 0.124 e. The molecular formula is C22H26N2O2. The molecule has 136 valence electrons. The Morgan fingerprint density at radius 3 is 2.81 bits per heavy atom. The molecule has 26 heavy (non-hydrogen) atoms. The van der Waals surface area contributed by atoms with Crippen molar-refractivity contribution >= 4 is 0 Å². The Balaban J connectivity index is 1.38. The van der Waals surface area contributed by atoms with Gasteiger partial charge in [-0.15, -0.1) is 0 Å². The van der Waals surface area contributed by atoms with E-state index in [0.717, 1.165) is 50.3 Å². The summed E-state index contributed by atoms with van der Waals surface area (Å²) in [5.74, 6) is 2.88. The number of hydrogen-bond acceptors (Lipinski definition) is 4. The van der Waals surface area contributed by atoms with Crippen LogP contribution in [0.2, 0.25) is 0 Å². The predicted molar refractivity (Wildman–Crippen MR) is 99.8 cm³/mol. The van der Waals surface area contributed by atoms with Gasteiger partial charge < -0.3 is 9.47 Å². The summed E-state index contributed by atoms with van der Waals surface area (Å²) in [4.78, 5) is 7.13. The molecule has 1 aromatic heterocycles. The summed E-state index contributed by atoms with van der Waals surface area (Å²) in [5.41, 5.74) is 2.46. The van der Waals surface area contributed by atoms with Crippen LogP contribution in [0.25, 0.3) is 0 Å². The fraction of sp³-hybridized carbons (Fsp3) is 0.500. The molecule has 0 spiro atoms. The quantitative estimate of drug-likeness (QED) is 0.796. The maximum atomic E-state index is 6.11. The number of benzene rings is 1. The molecule has 0 radical (unpaired) electrons. The van der Waals surface area contributed by atoms with Crippen LogP contribution in [-0.2, 0) is 11.3 Å². The van der Waals surface area contributed by atoms with E-state index in [1.54, 1.807) is 0 Å². The van der Waals surface area contributed by atoms with Gasteiger partial charge in [0.05, 0.1) is 18.9 Å². The molecule has 3 aliphatic rings.